The average Bonchev–Trinajstić information content (AvgIpc) is 2.03. The Hall–Kier alpha value is -0.820. The number of carbonyl (C=O) groups is 1. The van der Waals surface area contributed by atoms with Gasteiger partial charge < -0.3 is 0 Å². The van der Waals surface area contributed by atoms with Crippen molar-refractivity contribution in [2.45, 2.75) is 26.7 Å². The molecule has 0 spiro atoms. The molecule has 1 rings (SSSR count). The van der Waals surface area contributed by atoms with Gasteiger partial charge in [-0.3, -0.25) is 4.79 Å². The molecule has 0 aliphatic rings. The standard InChI is InChI=1S/C11H13ClO/c1-7(2)10-5-4-9(8(3)13)6-11(10)12/h4-7H,1-3H3. The first kappa shape index (κ1) is 10.3. The summed E-state index contributed by atoms with van der Waals surface area (Å²) in [6.45, 7) is 5.70. The molecule has 13 heavy (non-hydrogen) atoms. The van der Waals surface area contributed by atoms with Gasteiger partial charge in [-0.15, -0.1) is 0 Å². The zero-order valence-corrected chi connectivity index (χ0v) is 8.85. The molecule has 0 aliphatic carbocycles. The molecule has 0 aliphatic heterocycles. The molecule has 0 atom stereocenters. The third kappa shape index (κ3) is 2.31. The zero-order valence-electron chi connectivity index (χ0n) is 8.10. The SMILES string of the molecule is CC(=O)c1ccc(C(C)C)c(Cl)c1. The molecule has 0 amide bonds. The van der Waals surface area contributed by atoms with E-state index in [1.165, 1.54) is 0 Å². The van der Waals surface area contributed by atoms with Gasteiger partial charge in [0.05, 0.1) is 0 Å². The van der Waals surface area contributed by atoms with Crippen LogP contribution in [0.5, 0.6) is 0 Å². The molecule has 1 aromatic carbocycles. The Balaban J connectivity index is 3.13. The van der Waals surface area contributed by atoms with Gasteiger partial charge in [-0.2, -0.15) is 0 Å². The summed E-state index contributed by atoms with van der Waals surface area (Å²) in [6, 6.07) is 5.48. The van der Waals surface area contributed by atoms with E-state index in [4.69, 9.17) is 11.6 Å². The maximum Gasteiger partial charge on any atom is 0.159 e. The number of carbonyl (C=O) groups excluding carboxylic acids is 1. The highest BCUT2D eigenvalue weighted by Gasteiger charge is 2.07. The van der Waals surface area contributed by atoms with E-state index in [0.717, 1.165) is 5.56 Å². The van der Waals surface area contributed by atoms with Crippen LogP contribution in [-0.2, 0) is 0 Å². The molecule has 0 bridgehead atoms. The minimum absolute atomic E-state index is 0.0530. The fourth-order valence-electron chi connectivity index (χ4n) is 1.21. The predicted molar refractivity (Wildman–Crippen MR) is 55.5 cm³/mol. The second kappa shape index (κ2) is 3.93. The highest BCUT2D eigenvalue weighted by atomic mass is 35.5. The van der Waals surface area contributed by atoms with E-state index >= 15 is 0 Å². The van der Waals surface area contributed by atoms with Gasteiger partial charge in [0.15, 0.2) is 5.78 Å². The van der Waals surface area contributed by atoms with Crippen LogP contribution in [0.25, 0.3) is 0 Å². The van der Waals surface area contributed by atoms with E-state index in [2.05, 4.69) is 13.8 Å². The van der Waals surface area contributed by atoms with Crippen LogP contribution in [0.15, 0.2) is 18.2 Å². The molecule has 0 saturated carbocycles. The van der Waals surface area contributed by atoms with Crippen LogP contribution in [0.3, 0.4) is 0 Å². The van der Waals surface area contributed by atoms with Gasteiger partial charge in [-0.1, -0.05) is 37.6 Å². The average molecular weight is 197 g/mol. The first-order chi connectivity index (χ1) is 6.02. The minimum atomic E-state index is 0.0530. The van der Waals surface area contributed by atoms with Crippen LogP contribution in [0, 0.1) is 0 Å². The predicted octanol–water partition coefficient (Wildman–Crippen LogP) is 3.67. The fraction of sp³-hybridized carbons (Fsp3) is 0.364. The fourth-order valence-corrected chi connectivity index (χ4v) is 1.61. The lowest BCUT2D eigenvalue weighted by Crippen LogP contribution is -1.95. The zero-order chi connectivity index (χ0) is 10.0. The van der Waals surface area contributed by atoms with Crippen molar-refractivity contribution in [1.29, 1.82) is 0 Å². The Morgan fingerprint density at radius 3 is 2.38 bits per heavy atom. The lowest BCUT2D eigenvalue weighted by molar-refractivity contribution is 0.101. The molecule has 0 unspecified atom stereocenters. The minimum Gasteiger partial charge on any atom is -0.295 e. The van der Waals surface area contributed by atoms with Crippen molar-refractivity contribution >= 4 is 17.4 Å². The number of benzene rings is 1. The lowest BCUT2D eigenvalue weighted by Gasteiger charge is -2.08. The van der Waals surface area contributed by atoms with Crippen molar-refractivity contribution in [3.63, 3.8) is 0 Å². The van der Waals surface area contributed by atoms with Crippen LogP contribution in [-0.4, -0.2) is 5.78 Å². The van der Waals surface area contributed by atoms with Crippen LogP contribution in [0.4, 0.5) is 0 Å². The summed E-state index contributed by atoms with van der Waals surface area (Å²) in [6.07, 6.45) is 0. The summed E-state index contributed by atoms with van der Waals surface area (Å²) < 4.78 is 0. The summed E-state index contributed by atoms with van der Waals surface area (Å²) in [5.74, 6) is 0.450. The smallest absolute Gasteiger partial charge is 0.159 e. The molecule has 0 heterocycles. The van der Waals surface area contributed by atoms with E-state index in [0.29, 0.717) is 16.5 Å². The van der Waals surface area contributed by atoms with Gasteiger partial charge in [-0.25, -0.2) is 0 Å². The third-order valence-electron chi connectivity index (χ3n) is 2.03. The van der Waals surface area contributed by atoms with Crippen molar-refractivity contribution in [2.24, 2.45) is 0 Å². The molecule has 0 radical (unpaired) electrons. The van der Waals surface area contributed by atoms with Crippen molar-refractivity contribution in [2.75, 3.05) is 0 Å². The molecule has 2 heteroatoms. The number of Topliss-reactive ketones (excluding diaryl/α,β-unsaturated/α-hetero) is 1. The van der Waals surface area contributed by atoms with Crippen molar-refractivity contribution in [1.82, 2.24) is 0 Å². The van der Waals surface area contributed by atoms with Crippen molar-refractivity contribution in [3.8, 4) is 0 Å². The topological polar surface area (TPSA) is 17.1 Å². The molecule has 0 saturated heterocycles. The molecule has 1 nitrogen and oxygen atoms in total. The quantitative estimate of drug-likeness (QED) is 0.660. The van der Waals surface area contributed by atoms with Crippen LogP contribution in [0.1, 0.15) is 42.6 Å². The van der Waals surface area contributed by atoms with Gasteiger partial charge in [0.2, 0.25) is 0 Å². The summed E-state index contributed by atoms with van der Waals surface area (Å²) in [5, 5.41) is 0.683. The van der Waals surface area contributed by atoms with E-state index in [1.807, 2.05) is 12.1 Å². The Labute approximate surface area is 83.7 Å². The van der Waals surface area contributed by atoms with Crippen LogP contribution >= 0.6 is 11.6 Å². The molecular weight excluding hydrogens is 184 g/mol. The van der Waals surface area contributed by atoms with E-state index < -0.39 is 0 Å². The molecule has 1 aromatic rings. The number of rotatable bonds is 2. The molecule has 0 aromatic heterocycles. The van der Waals surface area contributed by atoms with E-state index in [9.17, 15) is 4.79 Å². The molecule has 0 N–H and O–H groups in total. The third-order valence-corrected chi connectivity index (χ3v) is 2.36. The van der Waals surface area contributed by atoms with Gasteiger partial charge >= 0.3 is 0 Å². The second-order valence-corrected chi connectivity index (χ2v) is 3.85. The van der Waals surface area contributed by atoms with Gasteiger partial charge in [0, 0.05) is 10.6 Å². The maximum atomic E-state index is 11.0. The van der Waals surface area contributed by atoms with Crippen LogP contribution in [0.2, 0.25) is 5.02 Å². The van der Waals surface area contributed by atoms with Crippen molar-refractivity contribution in [3.05, 3.63) is 34.3 Å². The largest absolute Gasteiger partial charge is 0.295 e. The highest BCUT2D eigenvalue weighted by Crippen LogP contribution is 2.25. The normalized spacial score (nSPS) is 10.5. The first-order valence-corrected chi connectivity index (χ1v) is 4.70. The van der Waals surface area contributed by atoms with E-state index in [-0.39, 0.29) is 5.78 Å². The Morgan fingerprint density at radius 1 is 1.38 bits per heavy atom. The number of hydrogen-bond donors (Lipinski definition) is 0. The summed E-state index contributed by atoms with van der Waals surface area (Å²) in [5.41, 5.74) is 1.76. The van der Waals surface area contributed by atoms with Crippen molar-refractivity contribution < 1.29 is 4.79 Å². The maximum absolute atomic E-state index is 11.0. The summed E-state index contributed by atoms with van der Waals surface area (Å²) >= 11 is 6.02. The Kier molecular flexibility index (Phi) is 3.10. The molecule has 70 valence electrons. The van der Waals surface area contributed by atoms with E-state index in [1.54, 1.807) is 13.0 Å². The Morgan fingerprint density at radius 2 is 2.00 bits per heavy atom. The molecular formula is C11H13ClO. The molecule has 0 fully saturated rings. The summed E-state index contributed by atoms with van der Waals surface area (Å²) in [7, 11) is 0. The Bertz CT molecular complexity index is 329. The van der Waals surface area contributed by atoms with Gasteiger partial charge in [0.25, 0.3) is 0 Å². The number of halogens is 1. The first-order valence-electron chi connectivity index (χ1n) is 4.32. The lowest BCUT2D eigenvalue weighted by atomic mass is 10.0. The second-order valence-electron chi connectivity index (χ2n) is 3.45. The van der Waals surface area contributed by atoms with Gasteiger partial charge in [-0.05, 0) is 24.5 Å². The summed E-state index contributed by atoms with van der Waals surface area (Å²) in [4.78, 5) is 11.0. The monoisotopic (exact) mass is 196 g/mol. The highest BCUT2D eigenvalue weighted by molar-refractivity contribution is 6.31. The number of hydrogen-bond acceptors (Lipinski definition) is 1. The van der Waals surface area contributed by atoms with Crippen LogP contribution < -0.4 is 0 Å². The van der Waals surface area contributed by atoms with Gasteiger partial charge in [0.1, 0.15) is 0 Å². The number of ketones is 1.